The van der Waals surface area contributed by atoms with Gasteiger partial charge in [0.05, 0.1) is 12.6 Å². The number of halogens is 1. The van der Waals surface area contributed by atoms with Crippen LogP contribution < -0.4 is 10.1 Å². The summed E-state index contributed by atoms with van der Waals surface area (Å²) in [4.78, 5) is 23.6. The molecular weight excluding hydrogens is 319 g/mol. The van der Waals surface area contributed by atoms with Gasteiger partial charge < -0.3 is 19.9 Å². The largest absolute Gasteiger partial charge is 0.478 e. The molecule has 0 radical (unpaired) electrons. The van der Waals surface area contributed by atoms with Crippen molar-refractivity contribution >= 4 is 11.9 Å². The van der Waals surface area contributed by atoms with Crippen LogP contribution in [0.5, 0.6) is 5.75 Å². The van der Waals surface area contributed by atoms with E-state index >= 15 is 0 Å². The minimum Gasteiger partial charge on any atom is -0.478 e. The first-order chi connectivity index (χ1) is 11.5. The summed E-state index contributed by atoms with van der Waals surface area (Å²) >= 11 is 0. The molecule has 128 valence electrons. The van der Waals surface area contributed by atoms with Crippen LogP contribution in [0.1, 0.15) is 12.8 Å². The van der Waals surface area contributed by atoms with Crippen molar-refractivity contribution in [2.45, 2.75) is 18.9 Å². The third kappa shape index (κ3) is 4.20. The summed E-state index contributed by atoms with van der Waals surface area (Å²) in [6.45, 7) is 0.292. The number of aliphatic carboxylic acids is 1. The van der Waals surface area contributed by atoms with Gasteiger partial charge in [-0.05, 0) is 37.1 Å². The number of hydrogen-bond acceptors (Lipinski definition) is 5. The summed E-state index contributed by atoms with van der Waals surface area (Å²) < 4.78 is 23.2. The quantitative estimate of drug-likeness (QED) is 0.805. The molecule has 1 aliphatic heterocycles. The SMILES string of the molecule is N#CC1(C(=O)NCC(Oc2ccc(F)cc2)C(=O)O)CCOCC1. The Balaban J connectivity index is 1.98. The molecule has 8 heteroatoms. The Morgan fingerprint density at radius 2 is 2.00 bits per heavy atom. The van der Waals surface area contributed by atoms with E-state index in [-0.39, 0.29) is 25.1 Å². The molecule has 1 amide bonds. The molecule has 1 heterocycles. The van der Waals surface area contributed by atoms with Crippen LogP contribution in [-0.2, 0) is 14.3 Å². The monoisotopic (exact) mass is 336 g/mol. The number of carboxylic acid groups (broad SMARTS) is 1. The Morgan fingerprint density at radius 1 is 1.38 bits per heavy atom. The van der Waals surface area contributed by atoms with E-state index < -0.39 is 29.2 Å². The van der Waals surface area contributed by atoms with Crippen LogP contribution in [0.2, 0.25) is 0 Å². The number of carbonyl (C=O) groups is 2. The molecule has 2 rings (SSSR count). The summed E-state index contributed by atoms with van der Waals surface area (Å²) in [5, 5.41) is 21.0. The Hall–Kier alpha value is -2.66. The number of nitrogens with zero attached hydrogens (tertiary/aromatic N) is 1. The smallest absolute Gasteiger partial charge is 0.346 e. The van der Waals surface area contributed by atoms with Gasteiger partial charge in [0.15, 0.2) is 0 Å². The van der Waals surface area contributed by atoms with Crippen molar-refractivity contribution in [3.8, 4) is 11.8 Å². The number of hydrogen-bond donors (Lipinski definition) is 2. The van der Waals surface area contributed by atoms with Crippen LogP contribution in [0.25, 0.3) is 0 Å². The van der Waals surface area contributed by atoms with Crippen molar-refractivity contribution < 1.29 is 28.6 Å². The maximum Gasteiger partial charge on any atom is 0.346 e. The second-order valence-electron chi connectivity index (χ2n) is 5.41. The summed E-state index contributed by atoms with van der Waals surface area (Å²) in [7, 11) is 0. The summed E-state index contributed by atoms with van der Waals surface area (Å²) in [6, 6.07) is 6.87. The minimum absolute atomic E-state index is 0.166. The van der Waals surface area contributed by atoms with E-state index in [1.807, 2.05) is 6.07 Å². The fourth-order valence-corrected chi connectivity index (χ4v) is 2.32. The van der Waals surface area contributed by atoms with Crippen LogP contribution in [0, 0.1) is 22.6 Å². The van der Waals surface area contributed by atoms with E-state index in [1.165, 1.54) is 12.1 Å². The molecule has 7 nitrogen and oxygen atoms in total. The Bertz CT molecular complexity index is 635. The minimum atomic E-state index is -1.35. The molecular formula is C16H17FN2O5. The third-order valence-corrected chi connectivity index (χ3v) is 3.81. The molecule has 1 aromatic rings. The number of nitrogens with one attached hydrogen (secondary N) is 1. The van der Waals surface area contributed by atoms with Crippen molar-refractivity contribution in [1.82, 2.24) is 5.32 Å². The highest BCUT2D eigenvalue weighted by Gasteiger charge is 2.40. The third-order valence-electron chi connectivity index (χ3n) is 3.81. The predicted octanol–water partition coefficient (Wildman–Crippen LogP) is 1.09. The van der Waals surface area contributed by atoms with Crippen molar-refractivity contribution in [1.29, 1.82) is 5.26 Å². The predicted molar refractivity (Wildman–Crippen MR) is 79.6 cm³/mol. The molecule has 2 N–H and O–H groups in total. The van der Waals surface area contributed by atoms with E-state index in [4.69, 9.17) is 9.47 Å². The molecule has 1 unspecified atom stereocenters. The zero-order valence-electron chi connectivity index (χ0n) is 12.8. The number of rotatable bonds is 6. The highest BCUT2D eigenvalue weighted by Crippen LogP contribution is 2.29. The van der Waals surface area contributed by atoms with E-state index in [1.54, 1.807) is 0 Å². The lowest BCUT2D eigenvalue weighted by molar-refractivity contribution is -0.145. The first-order valence-electron chi connectivity index (χ1n) is 7.39. The molecule has 1 aromatic carbocycles. The second-order valence-corrected chi connectivity index (χ2v) is 5.41. The zero-order valence-corrected chi connectivity index (χ0v) is 12.8. The maximum absolute atomic E-state index is 12.9. The van der Waals surface area contributed by atoms with Crippen molar-refractivity contribution in [2.24, 2.45) is 5.41 Å². The van der Waals surface area contributed by atoms with Crippen LogP contribution in [-0.4, -0.2) is 42.8 Å². The second kappa shape index (κ2) is 7.75. The maximum atomic E-state index is 12.9. The molecule has 0 bridgehead atoms. The van der Waals surface area contributed by atoms with Gasteiger partial charge in [0.2, 0.25) is 12.0 Å². The summed E-state index contributed by atoms with van der Waals surface area (Å²) in [5.74, 6) is -2.13. The van der Waals surface area contributed by atoms with Crippen molar-refractivity contribution in [2.75, 3.05) is 19.8 Å². The molecule has 1 atom stereocenters. The van der Waals surface area contributed by atoms with Crippen LogP contribution in [0.3, 0.4) is 0 Å². The van der Waals surface area contributed by atoms with Crippen molar-refractivity contribution in [3.63, 3.8) is 0 Å². The normalized spacial score (nSPS) is 17.3. The van der Waals surface area contributed by atoms with Gasteiger partial charge in [-0.3, -0.25) is 4.79 Å². The molecule has 0 saturated carbocycles. The van der Waals surface area contributed by atoms with Crippen molar-refractivity contribution in [3.05, 3.63) is 30.1 Å². The number of ether oxygens (including phenoxy) is 2. The fourth-order valence-electron chi connectivity index (χ4n) is 2.32. The van der Waals surface area contributed by atoms with E-state index in [0.29, 0.717) is 13.2 Å². The average molecular weight is 336 g/mol. The lowest BCUT2D eigenvalue weighted by atomic mass is 9.81. The number of carboxylic acids is 1. The highest BCUT2D eigenvalue weighted by molar-refractivity contribution is 5.86. The molecule has 1 fully saturated rings. The molecule has 0 spiro atoms. The van der Waals surface area contributed by atoms with Gasteiger partial charge in [0.25, 0.3) is 0 Å². The molecule has 1 saturated heterocycles. The number of carbonyl (C=O) groups excluding carboxylic acids is 1. The van der Waals surface area contributed by atoms with Gasteiger partial charge in [-0.1, -0.05) is 0 Å². The van der Waals surface area contributed by atoms with Gasteiger partial charge in [0.1, 0.15) is 17.0 Å². The van der Waals surface area contributed by atoms with E-state index in [9.17, 15) is 24.3 Å². The average Bonchev–Trinajstić information content (AvgIpc) is 2.60. The summed E-state index contributed by atoms with van der Waals surface area (Å²) in [5.41, 5.74) is -1.21. The van der Waals surface area contributed by atoms with Gasteiger partial charge in [-0.15, -0.1) is 0 Å². The first kappa shape index (κ1) is 17.7. The number of nitriles is 1. The molecule has 0 aromatic heterocycles. The Labute approximate surface area is 138 Å². The highest BCUT2D eigenvalue weighted by atomic mass is 19.1. The Kier molecular flexibility index (Phi) is 5.71. The van der Waals surface area contributed by atoms with Gasteiger partial charge >= 0.3 is 5.97 Å². The molecule has 24 heavy (non-hydrogen) atoms. The number of benzene rings is 1. The topological polar surface area (TPSA) is 109 Å². The lowest BCUT2D eigenvalue weighted by Gasteiger charge is -2.29. The Morgan fingerprint density at radius 3 is 2.54 bits per heavy atom. The fraction of sp³-hybridized carbons (Fsp3) is 0.438. The van der Waals surface area contributed by atoms with Crippen LogP contribution in [0.4, 0.5) is 4.39 Å². The number of amides is 1. The van der Waals surface area contributed by atoms with Gasteiger partial charge in [0, 0.05) is 13.2 Å². The summed E-state index contributed by atoms with van der Waals surface area (Å²) in [6.07, 6.45) is -0.840. The van der Waals surface area contributed by atoms with Crippen LogP contribution in [0.15, 0.2) is 24.3 Å². The standard InChI is InChI=1S/C16H17FN2O5/c17-11-1-3-12(4-2-11)24-13(14(20)21)9-19-15(22)16(10-18)5-7-23-8-6-16/h1-4,13H,5-9H2,(H,19,22)(H,20,21). The van der Waals surface area contributed by atoms with Gasteiger partial charge in [-0.25, -0.2) is 9.18 Å². The van der Waals surface area contributed by atoms with Crippen LogP contribution >= 0.6 is 0 Å². The van der Waals surface area contributed by atoms with Gasteiger partial charge in [-0.2, -0.15) is 5.26 Å². The van der Waals surface area contributed by atoms with E-state index in [2.05, 4.69) is 5.32 Å². The van der Waals surface area contributed by atoms with E-state index in [0.717, 1.165) is 12.1 Å². The molecule has 1 aliphatic rings. The molecule has 0 aliphatic carbocycles. The lowest BCUT2D eigenvalue weighted by Crippen LogP contribution is -2.48. The zero-order chi connectivity index (χ0) is 17.6. The first-order valence-corrected chi connectivity index (χ1v) is 7.39.